The Morgan fingerprint density at radius 2 is 1.70 bits per heavy atom. The van der Waals surface area contributed by atoms with Crippen molar-refractivity contribution in [2.24, 2.45) is 0 Å². The smallest absolute Gasteiger partial charge is 0.217 e. The molecular weight excluding hydrogens is 387 g/mol. The normalized spacial score (nSPS) is 11.5. The van der Waals surface area contributed by atoms with E-state index in [2.05, 4.69) is 10.3 Å². The van der Waals surface area contributed by atoms with Crippen molar-refractivity contribution < 1.29 is 23.8 Å². The summed E-state index contributed by atoms with van der Waals surface area (Å²) in [5.41, 5.74) is 2.48. The Balaban J connectivity index is 1.63. The lowest BCUT2D eigenvalue weighted by Crippen LogP contribution is -2.53. The third-order valence-electron chi connectivity index (χ3n) is 5.01. The maximum Gasteiger partial charge on any atom is 0.217 e. The molecule has 2 aromatic carbocycles. The van der Waals surface area contributed by atoms with Gasteiger partial charge in [0, 0.05) is 18.9 Å². The second-order valence-electron chi connectivity index (χ2n) is 7.40. The van der Waals surface area contributed by atoms with Gasteiger partial charge < -0.3 is 19.9 Å². The van der Waals surface area contributed by atoms with Gasteiger partial charge in [0.1, 0.15) is 17.8 Å². The van der Waals surface area contributed by atoms with E-state index in [4.69, 9.17) is 4.42 Å². The Morgan fingerprint density at radius 3 is 2.30 bits per heavy atom. The average Bonchev–Trinajstić information content (AvgIpc) is 3.21. The van der Waals surface area contributed by atoms with Gasteiger partial charge in [0.2, 0.25) is 5.91 Å². The van der Waals surface area contributed by atoms with Crippen LogP contribution in [0, 0.1) is 5.82 Å². The summed E-state index contributed by atoms with van der Waals surface area (Å²) in [6, 6.07) is 14.0. The number of benzene rings is 2. The minimum Gasteiger partial charge on any atom is -0.448 e. The van der Waals surface area contributed by atoms with Crippen LogP contribution in [0.1, 0.15) is 30.4 Å². The quantitative estimate of drug-likeness (QED) is 0.502. The van der Waals surface area contributed by atoms with Crippen LogP contribution in [-0.2, 0) is 17.6 Å². The lowest BCUT2D eigenvalue weighted by atomic mass is 9.92. The van der Waals surface area contributed by atoms with Crippen molar-refractivity contribution in [3.63, 3.8) is 0 Å². The van der Waals surface area contributed by atoms with Gasteiger partial charge >= 0.3 is 0 Å². The van der Waals surface area contributed by atoms with Crippen LogP contribution in [0.25, 0.3) is 11.3 Å². The molecule has 0 unspecified atom stereocenters. The Morgan fingerprint density at radius 1 is 1.07 bits per heavy atom. The zero-order chi connectivity index (χ0) is 21.6. The van der Waals surface area contributed by atoms with Crippen molar-refractivity contribution in [1.29, 1.82) is 0 Å². The molecule has 0 aliphatic heterocycles. The third kappa shape index (κ3) is 5.52. The number of oxazole rings is 1. The number of hydrogen-bond donors (Lipinski definition) is 3. The van der Waals surface area contributed by atoms with Crippen molar-refractivity contribution in [2.45, 2.75) is 31.7 Å². The maximum absolute atomic E-state index is 13.0. The molecule has 3 rings (SSSR count). The minimum atomic E-state index is -1.04. The fourth-order valence-corrected chi connectivity index (χ4v) is 3.25. The summed E-state index contributed by atoms with van der Waals surface area (Å²) in [6.07, 6.45) is 3.06. The summed E-state index contributed by atoms with van der Waals surface area (Å²) in [7, 11) is 0. The molecule has 1 heterocycles. The zero-order valence-electron chi connectivity index (χ0n) is 16.8. The van der Waals surface area contributed by atoms with Gasteiger partial charge in [-0.3, -0.25) is 4.79 Å². The van der Waals surface area contributed by atoms with E-state index >= 15 is 0 Å². The number of amides is 1. The number of aliphatic hydroxyl groups is 2. The van der Waals surface area contributed by atoms with Crippen LogP contribution in [0.2, 0.25) is 0 Å². The molecule has 7 heteroatoms. The van der Waals surface area contributed by atoms with Crippen LogP contribution >= 0.6 is 0 Å². The van der Waals surface area contributed by atoms with E-state index in [1.54, 1.807) is 18.4 Å². The first-order valence-electron chi connectivity index (χ1n) is 9.72. The van der Waals surface area contributed by atoms with E-state index in [0.717, 1.165) is 16.7 Å². The number of carbonyl (C=O) groups is 1. The molecule has 6 nitrogen and oxygen atoms in total. The lowest BCUT2D eigenvalue weighted by molar-refractivity contribution is -0.122. The molecule has 3 aromatic rings. The number of rotatable bonds is 9. The van der Waals surface area contributed by atoms with Crippen molar-refractivity contribution in [3.8, 4) is 11.3 Å². The van der Waals surface area contributed by atoms with Gasteiger partial charge in [0.05, 0.1) is 18.8 Å². The predicted molar refractivity (Wildman–Crippen MR) is 110 cm³/mol. The van der Waals surface area contributed by atoms with Crippen molar-refractivity contribution in [1.82, 2.24) is 10.3 Å². The molecule has 0 atom stereocenters. The van der Waals surface area contributed by atoms with Gasteiger partial charge in [-0.25, -0.2) is 9.37 Å². The van der Waals surface area contributed by atoms with Gasteiger partial charge in [-0.1, -0.05) is 36.4 Å². The molecule has 0 bridgehead atoms. The summed E-state index contributed by atoms with van der Waals surface area (Å²) in [6.45, 7) is 0.686. The standard InChI is InChI=1S/C23H25FN2O4/c1-16(29)26-23(14-27,15-28)11-10-17-2-6-19(7-3-17)21-13-30-22(25-21)12-18-4-8-20(24)9-5-18/h2-9,13,27-28H,10-12,14-15H2,1H3,(H,26,29). The van der Waals surface area contributed by atoms with Crippen molar-refractivity contribution in [3.05, 3.63) is 77.6 Å². The van der Waals surface area contributed by atoms with Crippen molar-refractivity contribution in [2.75, 3.05) is 13.2 Å². The SMILES string of the molecule is CC(=O)NC(CO)(CO)CCc1ccc(-c2coc(Cc3ccc(F)cc3)n2)cc1. The van der Waals surface area contributed by atoms with Gasteiger partial charge in [-0.2, -0.15) is 0 Å². The van der Waals surface area contributed by atoms with Crippen LogP contribution in [0.5, 0.6) is 0 Å². The van der Waals surface area contributed by atoms with Crippen LogP contribution in [0.15, 0.2) is 59.2 Å². The first-order valence-corrected chi connectivity index (χ1v) is 9.72. The summed E-state index contributed by atoms with van der Waals surface area (Å²) < 4.78 is 18.6. The first kappa shape index (κ1) is 21.7. The van der Waals surface area contributed by atoms with Gasteiger partial charge in [0.25, 0.3) is 0 Å². The first-order chi connectivity index (χ1) is 14.4. The molecule has 0 fully saturated rings. The number of aromatic nitrogens is 1. The predicted octanol–water partition coefficient (Wildman–Crippen LogP) is 2.86. The zero-order valence-corrected chi connectivity index (χ0v) is 16.8. The van der Waals surface area contributed by atoms with Crippen LogP contribution in [0.4, 0.5) is 4.39 Å². The summed E-state index contributed by atoms with van der Waals surface area (Å²) >= 11 is 0. The maximum atomic E-state index is 13.0. The number of nitrogens with zero attached hydrogens (tertiary/aromatic N) is 1. The highest BCUT2D eigenvalue weighted by atomic mass is 19.1. The fourth-order valence-electron chi connectivity index (χ4n) is 3.25. The fraction of sp³-hybridized carbons (Fsp3) is 0.304. The van der Waals surface area contributed by atoms with Crippen molar-refractivity contribution >= 4 is 5.91 Å². The van der Waals surface area contributed by atoms with E-state index in [-0.39, 0.29) is 24.9 Å². The van der Waals surface area contributed by atoms with E-state index < -0.39 is 5.54 Å². The number of aliphatic hydroxyl groups excluding tert-OH is 2. The molecular formula is C23H25FN2O4. The largest absolute Gasteiger partial charge is 0.448 e. The monoisotopic (exact) mass is 412 g/mol. The Bertz CT molecular complexity index is 964. The molecule has 3 N–H and O–H groups in total. The molecule has 1 aromatic heterocycles. The van der Waals surface area contributed by atoms with E-state index in [0.29, 0.717) is 30.8 Å². The number of halogens is 1. The average molecular weight is 412 g/mol. The van der Waals surface area contributed by atoms with Crippen LogP contribution in [0.3, 0.4) is 0 Å². The van der Waals surface area contributed by atoms with Gasteiger partial charge in [-0.05, 0) is 36.1 Å². The van der Waals surface area contributed by atoms with Crippen LogP contribution < -0.4 is 5.32 Å². The van der Waals surface area contributed by atoms with Crippen LogP contribution in [-0.4, -0.2) is 39.9 Å². The molecule has 0 saturated heterocycles. The molecule has 1 amide bonds. The molecule has 0 aliphatic rings. The molecule has 30 heavy (non-hydrogen) atoms. The molecule has 0 spiro atoms. The highest BCUT2D eigenvalue weighted by Crippen LogP contribution is 2.22. The second kappa shape index (κ2) is 9.65. The number of hydrogen-bond acceptors (Lipinski definition) is 5. The van der Waals surface area contributed by atoms with E-state index in [1.807, 2.05) is 24.3 Å². The topological polar surface area (TPSA) is 95.6 Å². The number of carbonyl (C=O) groups excluding carboxylic acids is 1. The molecule has 0 saturated carbocycles. The highest BCUT2D eigenvalue weighted by molar-refractivity contribution is 5.73. The molecule has 158 valence electrons. The molecule has 0 radical (unpaired) electrons. The Labute approximate surface area is 174 Å². The Kier molecular flexibility index (Phi) is 6.97. The number of aryl methyl sites for hydroxylation is 1. The summed E-state index contributed by atoms with van der Waals surface area (Å²) in [5.74, 6) is -0.0261. The number of nitrogens with one attached hydrogen (secondary N) is 1. The van der Waals surface area contributed by atoms with Gasteiger partial charge in [-0.15, -0.1) is 0 Å². The summed E-state index contributed by atoms with van der Waals surface area (Å²) in [4.78, 5) is 15.9. The van der Waals surface area contributed by atoms with E-state index in [1.165, 1.54) is 19.1 Å². The third-order valence-corrected chi connectivity index (χ3v) is 5.01. The minimum absolute atomic E-state index is 0.278. The second-order valence-corrected chi connectivity index (χ2v) is 7.40. The van der Waals surface area contributed by atoms with Gasteiger partial charge in [0.15, 0.2) is 5.89 Å². The highest BCUT2D eigenvalue weighted by Gasteiger charge is 2.29. The lowest BCUT2D eigenvalue weighted by Gasteiger charge is -2.30. The Hall–Kier alpha value is -3.03. The van der Waals surface area contributed by atoms with E-state index in [9.17, 15) is 19.4 Å². The molecule has 0 aliphatic carbocycles. The summed E-state index contributed by atoms with van der Waals surface area (Å²) in [5, 5.41) is 21.9.